The summed E-state index contributed by atoms with van der Waals surface area (Å²) in [5.74, 6) is 1.03. The molecule has 0 amide bonds. The minimum absolute atomic E-state index is 0.137. The van der Waals surface area contributed by atoms with Crippen LogP contribution in [0.2, 0.25) is 0 Å². The number of ether oxygens (including phenoxy) is 1. The molecule has 2 heterocycles. The number of anilines is 4. The van der Waals surface area contributed by atoms with Crippen molar-refractivity contribution in [3.05, 3.63) is 90.9 Å². The van der Waals surface area contributed by atoms with Crippen molar-refractivity contribution in [2.45, 2.75) is 0 Å². The van der Waals surface area contributed by atoms with E-state index in [-0.39, 0.29) is 5.78 Å². The number of hydrogen-bond donors (Lipinski definition) is 2. The SMILES string of the molecule is C=CC(=C)Nc1cccc(C(=O)c2coc(Nc3ccc(N4CCN(C)CC4)cc3OC)c2)c1. The third-order valence-corrected chi connectivity index (χ3v) is 5.85. The van der Waals surface area contributed by atoms with Gasteiger partial charge in [-0.2, -0.15) is 0 Å². The van der Waals surface area contributed by atoms with E-state index in [2.05, 4.69) is 46.7 Å². The lowest BCUT2D eigenvalue weighted by Gasteiger charge is -2.34. The topological polar surface area (TPSA) is 70.0 Å². The molecule has 3 aromatic rings. The van der Waals surface area contributed by atoms with Crippen molar-refractivity contribution in [3.8, 4) is 5.75 Å². The maximum Gasteiger partial charge on any atom is 0.197 e. The van der Waals surface area contributed by atoms with Gasteiger partial charge in [0.05, 0.1) is 18.4 Å². The largest absolute Gasteiger partial charge is 0.494 e. The van der Waals surface area contributed by atoms with Crippen LogP contribution < -0.4 is 20.3 Å². The fourth-order valence-corrected chi connectivity index (χ4v) is 3.84. The summed E-state index contributed by atoms with van der Waals surface area (Å²) in [4.78, 5) is 17.7. The Balaban J connectivity index is 1.47. The molecule has 176 valence electrons. The molecule has 1 saturated heterocycles. The van der Waals surface area contributed by atoms with Gasteiger partial charge >= 0.3 is 0 Å². The second kappa shape index (κ2) is 10.3. The summed E-state index contributed by atoms with van der Waals surface area (Å²) in [5.41, 5.74) is 4.31. The number of rotatable bonds is 9. The maximum absolute atomic E-state index is 13.0. The Morgan fingerprint density at radius 1 is 1.09 bits per heavy atom. The Kier molecular flexibility index (Phi) is 7.04. The van der Waals surface area contributed by atoms with Crippen LogP contribution in [0.15, 0.2) is 84.1 Å². The third kappa shape index (κ3) is 5.32. The molecule has 2 N–H and O–H groups in total. The van der Waals surface area contributed by atoms with Crippen LogP contribution in [0.3, 0.4) is 0 Å². The number of carbonyl (C=O) groups is 1. The van der Waals surface area contributed by atoms with Gasteiger partial charge in [-0.15, -0.1) is 0 Å². The van der Waals surface area contributed by atoms with E-state index in [9.17, 15) is 4.79 Å². The predicted octanol–water partition coefficient (Wildman–Crippen LogP) is 5.13. The van der Waals surface area contributed by atoms with E-state index in [1.807, 2.05) is 24.3 Å². The van der Waals surface area contributed by atoms with Gasteiger partial charge in [0, 0.05) is 60.9 Å². The fourth-order valence-electron chi connectivity index (χ4n) is 3.84. The van der Waals surface area contributed by atoms with Crippen LogP contribution in [0.4, 0.5) is 22.9 Å². The lowest BCUT2D eigenvalue weighted by molar-refractivity contribution is 0.103. The molecule has 0 aliphatic carbocycles. The lowest BCUT2D eigenvalue weighted by atomic mass is 10.1. The van der Waals surface area contributed by atoms with Crippen molar-refractivity contribution >= 4 is 28.7 Å². The van der Waals surface area contributed by atoms with E-state index in [1.54, 1.807) is 31.4 Å². The summed E-state index contributed by atoms with van der Waals surface area (Å²) in [6.07, 6.45) is 3.08. The molecule has 34 heavy (non-hydrogen) atoms. The summed E-state index contributed by atoms with van der Waals surface area (Å²) in [6.45, 7) is 11.6. The van der Waals surface area contributed by atoms with E-state index < -0.39 is 0 Å². The first kappa shape index (κ1) is 23.2. The van der Waals surface area contributed by atoms with Crippen LogP contribution in [0.1, 0.15) is 15.9 Å². The molecule has 7 heteroatoms. The van der Waals surface area contributed by atoms with Crippen molar-refractivity contribution in [2.24, 2.45) is 0 Å². The highest BCUT2D eigenvalue weighted by Gasteiger charge is 2.17. The predicted molar refractivity (Wildman–Crippen MR) is 138 cm³/mol. The van der Waals surface area contributed by atoms with Crippen molar-refractivity contribution < 1.29 is 13.9 Å². The Bertz CT molecular complexity index is 1190. The quantitative estimate of drug-likeness (QED) is 0.340. The number of hydrogen-bond acceptors (Lipinski definition) is 7. The Morgan fingerprint density at radius 3 is 2.62 bits per heavy atom. The zero-order valence-corrected chi connectivity index (χ0v) is 19.6. The van der Waals surface area contributed by atoms with Crippen molar-refractivity contribution in [1.29, 1.82) is 0 Å². The monoisotopic (exact) mass is 458 g/mol. The highest BCUT2D eigenvalue weighted by molar-refractivity contribution is 6.09. The number of ketones is 1. The van der Waals surface area contributed by atoms with Gasteiger partial charge in [-0.3, -0.25) is 4.79 Å². The maximum atomic E-state index is 13.0. The van der Waals surface area contributed by atoms with Crippen LogP contribution in [-0.2, 0) is 0 Å². The highest BCUT2D eigenvalue weighted by atomic mass is 16.5. The molecular weight excluding hydrogens is 428 g/mol. The number of allylic oxidation sites excluding steroid dienone is 1. The van der Waals surface area contributed by atoms with Gasteiger partial charge in [-0.1, -0.05) is 25.3 Å². The Morgan fingerprint density at radius 2 is 1.88 bits per heavy atom. The van der Waals surface area contributed by atoms with Crippen molar-refractivity contribution in [2.75, 3.05) is 55.9 Å². The van der Waals surface area contributed by atoms with Crippen LogP contribution in [0.25, 0.3) is 0 Å². The van der Waals surface area contributed by atoms with Crippen LogP contribution in [0, 0.1) is 0 Å². The summed E-state index contributed by atoms with van der Waals surface area (Å²) in [7, 11) is 3.79. The fraction of sp³-hybridized carbons (Fsp3) is 0.222. The molecule has 1 aliphatic rings. The van der Waals surface area contributed by atoms with E-state index in [0.717, 1.165) is 43.2 Å². The number of likely N-dealkylation sites (N-methyl/N-ethyl adjacent to an activating group) is 1. The Hall–Kier alpha value is -3.97. The number of furan rings is 1. The molecule has 7 nitrogen and oxygen atoms in total. The molecule has 1 aromatic heterocycles. The molecule has 2 aromatic carbocycles. The molecule has 1 aliphatic heterocycles. The average Bonchev–Trinajstić information content (AvgIpc) is 3.33. The molecule has 0 unspecified atom stereocenters. The second-order valence-electron chi connectivity index (χ2n) is 8.26. The number of benzene rings is 2. The second-order valence-corrected chi connectivity index (χ2v) is 8.26. The summed E-state index contributed by atoms with van der Waals surface area (Å²) in [5, 5.41) is 6.33. The molecule has 4 rings (SSSR count). The molecular formula is C27H30N4O3. The summed E-state index contributed by atoms with van der Waals surface area (Å²) < 4.78 is 11.3. The van der Waals surface area contributed by atoms with Crippen LogP contribution in [-0.4, -0.2) is 51.0 Å². The summed E-state index contributed by atoms with van der Waals surface area (Å²) >= 11 is 0. The zero-order chi connectivity index (χ0) is 24.1. The molecule has 0 saturated carbocycles. The number of piperazine rings is 1. The van der Waals surface area contributed by atoms with Gasteiger partial charge < -0.3 is 29.6 Å². The third-order valence-electron chi connectivity index (χ3n) is 5.85. The standard InChI is InChI=1S/C27H30N4O3/c1-5-19(2)28-22-8-6-7-20(15-22)27(32)21-16-26(34-18-21)29-24-10-9-23(17-25(24)33-4)31-13-11-30(3)12-14-31/h5-10,15-18,28-29H,1-2,11-14H2,3-4H3. The normalized spacial score (nSPS) is 13.9. The van der Waals surface area contributed by atoms with Gasteiger partial charge in [0.2, 0.25) is 0 Å². The first-order valence-electron chi connectivity index (χ1n) is 11.2. The molecule has 0 bridgehead atoms. The number of carbonyl (C=O) groups excluding carboxylic acids is 1. The summed E-state index contributed by atoms with van der Waals surface area (Å²) in [6, 6.07) is 15.0. The highest BCUT2D eigenvalue weighted by Crippen LogP contribution is 2.33. The zero-order valence-electron chi connectivity index (χ0n) is 19.6. The Labute approximate surface area is 200 Å². The molecule has 0 spiro atoms. The molecule has 1 fully saturated rings. The van der Waals surface area contributed by atoms with E-state index in [0.29, 0.717) is 28.5 Å². The van der Waals surface area contributed by atoms with Crippen molar-refractivity contribution in [3.63, 3.8) is 0 Å². The first-order chi connectivity index (χ1) is 16.5. The number of methoxy groups -OCH3 is 1. The van der Waals surface area contributed by atoms with Crippen LogP contribution in [0.5, 0.6) is 5.75 Å². The number of nitrogens with zero attached hydrogens (tertiary/aromatic N) is 2. The van der Waals surface area contributed by atoms with Gasteiger partial charge in [-0.25, -0.2) is 0 Å². The van der Waals surface area contributed by atoms with Gasteiger partial charge in [0.25, 0.3) is 0 Å². The minimum atomic E-state index is -0.137. The first-order valence-corrected chi connectivity index (χ1v) is 11.2. The van der Waals surface area contributed by atoms with Crippen molar-refractivity contribution in [1.82, 2.24) is 4.90 Å². The van der Waals surface area contributed by atoms with E-state index in [1.165, 1.54) is 6.26 Å². The smallest absolute Gasteiger partial charge is 0.197 e. The lowest BCUT2D eigenvalue weighted by Crippen LogP contribution is -2.44. The molecule has 0 atom stereocenters. The molecule has 0 radical (unpaired) electrons. The van der Waals surface area contributed by atoms with Gasteiger partial charge in [-0.05, 0) is 37.4 Å². The minimum Gasteiger partial charge on any atom is -0.494 e. The van der Waals surface area contributed by atoms with Gasteiger partial charge in [0.15, 0.2) is 11.7 Å². The van der Waals surface area contributed by atoms with E-state index in [4.69, 9.17) is 9.15 Å². The van der Waals surface area contributed by atoms with Gasteiger partial charge in [0.1, 0.15) is 12.0 Å². The van der Waals surface area contributed by atoms with E-state index >= 15 is 0 Å². The van der Waals surface area contributed by atoms with Crippen LogP contribution >= 0.6 is 0 Å². The average molecular weight is 459 g/mol. The number of nitrogens with one attached hydrogen (secondary N) is 2.